The number of unbranched alkanes of at least 4 members (excludes halogenated alkanes) is 1. The Morgan fingerprint density at radius 1 is 1.56 bits per heavy atom. The predicted octanol–water partition coefficient (Wildman–Crippen LogP) is 1.24. The van der Waals surface area contributed by atoms with Crippen molar-refractivity contribution >= 4 is 0 Å². The normalized spacial score (nSPS) is 9.56. The van der Waals surface area contributed by atoms with Gasteiger partial charge in [0.1, 0.15) is 0 Å². The zero-order valence-corrected chi connectivity index (χ0v) is 6.22. The van der Waals surface area contributed by atoms with Crippen LogP contribution in [0, 0.1) is 11.3 Å². The van der Waals surface area contributed by atoms with E-state index < -0.39 is 0 Å². The van der Waals surface area contributed by atoms with Gasteiger partial charge in [0.05, 0.1) is 6.07 Å². The second kappa shape index (κ2) is 5.58. The summed E-state index contributed by atoms with van der Waals surface area (Å²) >= 11 is 0. The van der Waals surface area contributed by atoms with Crippen LogP contribution < -0.4 is 0 Å². The van der Waals surface area contributed by atoms with E-state index >= 15 is 0 Å². The molecule has 0 aliphatic carbocycles. The Hall–Kier alpha value is -0.550. The molecule has 0 N–H and O–H groups in total. The fourth-order valence-electron chi connectivity index (χ4n) is 0.586. The number of nitriles is 1. The van der Waals surface area contributed by atoms with E-state index in [0.717, 1.165) is 19.5 Å². The molecule has 0 saturated carbocycles. The maximum atomic E-state index is 8.18. The van der Waals surface area contributed by atoms with Crippen LogP contribution in [-0.4, -0.2) is 25.0 Å². The van der Waals surface area contributed by atoms with Gasteiger partial charge < -0.3 is 4.90 Å². The third kappa shape index (κ3) is 5.32. The molecule has 0 radical (unpaired) electrons. The van der Waals surface area contributed by atoms with E-state index in [4.69, 9.17) is 5.26 Å². The lowest BCUT2D eigenvalue weighted by Gasteiger charge is -2.11. The van der Waals surface area contributed by atoms with Crippen molar-refractivity contribution in [2.24, 2.45) is 0 Å². The molecule has 0 atom stereocenters. The molecule has 2 nitrogen and oxygen atoms in total. The summed E-state index contributed by atoms with van der Waals surface area (Å²) in [7, 11) is 2.07. The van der Waals surface area contributed by atoms with Crippen LogP contribution in [0.15, 0.2) is 0 Å². The fraction of sp³-hybridized carbons (Fsp3) is 0.857. The fourth-order valence-corrected chi connectivity index (χ4v) is 0.586. The van der Waals surface area contributed by atoms with Crippen LogP contribution in [0.5, 0.6) is 0 Å². The Balaban J connectivity index is 2.99. The van der Waals surface area contributed by atoms with Gasteiger partial charge in [0, 0.05) is 6.42 Å². The molecule has 0 aliphatic heterocycles. The standard InChI is InChI=1S/C7H14N2/c1-3-9(2)7-5-4-6-8/h3-5,7H2,1-2H3. The average Bonchev–Trinajstić information content (AvgIpc) is 1.89. The van der Waals surface area contributed by atoms with E-state index in [2.05, 4.69) is 24.9 Å². The van der Waals surface area contributed by atoms with Crippen LogP contribution in [0.4, 0.5) is 0 Å². The molecule has 0 fully saturated rings. The first kappa shape index (κ1) is 8.45. The summed E-state index contributed by atoms with van der Waals surface area (Å²) < 4.78 is 0. The molecule has 0 aromatic rings. The summed E-state index contributed by atoms with van der Waals surface area (Å²) in [5, 5.41) is 8.18. The van der Waals surface area contributed by atoms with Crippen LogP contribution in [0.1, 0.15) is 19.8 Å². The minimum Gasteiger partial charge on any atom is -0.307 e. The molecule has 0 aromatic carbocycles. The number of nitrogens with zero attached hydrogens (tertiary/aromatic N) is 2. The molecular weight excluding hydrogens is 112 g/mol. The van der Waals surface area contributed by atoms with Crippen molar-refractivity contribution in [3.05, 3.63) is 0 Å². The number of rotatable bonds is 4. The molecule has 0 saturated heterocycles. The highest BCUT2D eigenvalue weighted by atomic mass is 15.1. The zero-order valence-electron chi connectivity index (χ0n) is 6.22. The lowest BCUT2D eigenvalue weighted by atomic mass is 10.3. The lowest BCUT2D eigenvalue weighted by Crippen LogP contribution is -2.18. The van der Waals surface area contributed by atoms with Crippen LogP contribution >= 0.6 is 0 Å². The highest BCUT2D eigenvalue weighted by Crippen LogP contribution is 1.89. The highest BCUT2D eigenvalue weighted by molar-refractivity contribution is 4.68. The summed E-state index contributed by atoms with van der Waals surface area (Å²) in [6.45, 7) is 4.24. The largest absolute Gasteiger partial charge is 0.307 e. The van der Waals surface area contributed by atoms with Crippen molar-refractivity contribution < 1.29 is 0 Å². The summed E-state index contributed by atoms with van der Waals surface area (Å²) in [6, 6.07) is 2.12. The van der Waals surface area contributed by atoms with Crippen molar-refractivity contribution in [2.75, 3.05) is 20.1 Å². The van der Waals surface area contributed by atoms with Gasteiger partial charge in [0.15, 0.2) is 0 Å². The van der Waals surface area contributed by atoms with E-state index in [1.807, 2.05) is 0 Å². The maximum absolute atomic E-state index is 8.18. The van der Waals surface area contributed by atoms with Gasteiger partial charge in [0.25, 0.3) is 0 Å². The monoisotopic (exact) mass is 126 g/mol. The Bertz CT molecular complexity index is 93.6. The molecule has 0 spiro atoms. The van der Waals surface area contributed by atoms with E-state index in [0.29, 0.717) is 6.42 Å². The predicted molar refractivity (Wildman–Crippen MR) is 38.0 cm³/mol. The Kier molecular flexibility index (Phi) is 5.24. The lowest BCUT2D eigenvalue weighted by molar-refractivity contribution is 0.349. The van der Waals surface area contributed by atoms with E-state index in [9.17, 15) is 0 Å². The van der Waals surface area contributed by atoms with Gasteiger partial charge in [-0.2, -0.15) is 5.26 Å². The molecule has 0 amide bonds. The van der Waals surface area contributed by atoms with Gasteiger partial charge in [0.2, 0.25) is 0 Å². The van der Waals surface area contributed by atoms with Crippen molar-refractivity contribution in [2.45, 2.75) is 19.8 Å². The summed E-state index contributed by atoms with van der Waals surface area (Å²) in [5.41, 5.74) is 0. The Morgan fingerprint density at radius 2 is 2.22 bits per heavy atom. The van der Waals surface area contributed by atoms with Crippen molar-refractivity contribution in [3.63, 3.8) is 0 Å². The van der Waals surface area contributed by atoms with Crippen molar-refractivity contribution in [3.8, 4) is 6.07 Å². The van der Waals surface area contributed by atoms with Gasteiger partial charge in [-0.25, -0.2) is 0 Å². The number of hydrogen-bond acceptors (Lipinski definition) is 2. The first-order chi connectivity index (χ1) is 4.31. The first-order valence-electron chi connectivity index (χ1n) is 3.36. The van der Waals surface area contributed by atoms with Gasteiger partial charge in [-0.1, -0.05) is 6.92 Å². The SMILES string of the molecule is CCN(C)CCCC#N. The smallest absolute Gasteiger partial charge is 0.0622 e. The molecule has 0 bridgehead atoms. The van der Waals surface area contributed by atoms with E-state index in [-0.39, 0.29) is 0 Å². The van der Waals surface area contributed by atoms with Crippen LogP contribution in [-0.2, 0) is 0 Å². The molecule has 0 aromatic heterocycles. The minimum absolute atomic E-state index is 0.685. The Labute approximate surface area is 57.1 Å². The molecule has 0 rings (SSSR count). The first-order valence-corrected chi connectivity index (χ1v) is 3.36. The molecule has 9 heavy (non-hydrogen) atoms. The summed E-state index contributed by atoms with van der Waals surface area (Å²) in [4.78, 5) is 2.21. The topological polar surface area (TPSA) is 27.0 Å². The molecule has 2 heteroatoms. The van der Waals surface area contributed by atoms with Gasteiger partial charge in [-0.3, -0.25) is 0 Å². The second-order valence-electron chi connectivity index (χ2n) is 2.16. The summed E-state index contributed by atoms with van der Waals surface area (Å²) in [6.07, 6.45) is 1.69. The molecule has 52 valence electrons. The maximum Gasteiger partial charge on any atom is 0.0622 e. The quantitative estimate of drug-likeness (QED) is 0.530. The van der Waals surface area contributed by atoms with Gasteiger partial charge in [-0.05, 0) is 26.6 Å². The van der Waals surface area contributed by atoms with E-state index in [1.165, 1.54) is 0 Å². The van der Waals surface area contributed by atoms with Crippen LogP contribution in [0.25, 0.3) is 0 Å². The van der Waals surface area contributed by atoms with Gasteiger partial charge >= 0.3 is 0 Å². The second-order valence-corrected chi connectivity index (χ2v) is 2.16. The van der Waals surface area contributed by atoms with E-state index in [1.54, 1.807) is 0 Å². The average molecular weight is 126 g/mol. The minimum atomic E-state index is 0.685. The van der Waals surface area contributed by atoms with Crippen LogP contribution in [0.3, 0.4) is 0 Å². The molecule has 0 aliphatic rings. The highest BCUT2D eigenvalue weighted by Gasteiger charge is 1.91. The van der Waals surface area contributed by atoms with Gasteiger partial charge in [-0.15, -0.1) is 0 Å². The third-order valence-corrected chi connectivity index (χ3v) is 1.37. The number of hydrogen-bond donors (Lipinski definition) is 0. The molecule has 0 heterocycles. The van der Waals surface area contributed by atoms with Crippen LogP contribution in [0.2, 0.25) is 0 Å². The van der Waals surface area contributed by atoms with Crippen molar-refractivity contribution in [1.29, 1.82) is 5.26 Å². The molecular formula is C7H14N2. The zero-order chi connectivity index (χ0) is 7.11. The Morgan fingerprint density at radius 3 is 2.67 bits per heavy atom. The third-order valence-electron chi connectivity index (χ3n) is 1.37. The van der Waals surface area contributed by atoms with Crippen molar-refractivity contribution in [1.82, 2.24) is 4.90 Å². The summed E-state index contributed by atoms with van der Waals surface area (Å²) in [5.74, 6) is 0. The molecule has 0 unspecified atom stereocenters.